The second-order valence-corrected chi connectivity index (χ2v) is 4.85. The predicted molar refractivity (Wildman–Crippen MR) is 84.9 cm³/mol. The normalized spacial score (nSPS) is 10.4. The summed E-state index contributed by atoms with van der Waals surface area (Å²) in [4.78, 5) is 6.30. The number of rotatable bonds is 6. The highest BCUT2D eigenvalue weighted by Gasteiger charge is 2.11. The van der Waals surface area contributed by atoms with Crippen LogP contribution in [0.5, 0.6) is 5.75 Å². The van der Waals surface area contributed by atoms with Crippen LogP contribution >= 0.6 is 0 Å². The molecular formula is C17H17N3O2. The highest BCUT2D eigenvalue weighted by Crippen LogP contribution is 2.19. The van der Waals surface area contributed by atoms with E-state index < -0.39 is 0 Å². The van der Waals surface area contributed by atoms with Crippen LogP contribution in [0.1, 0.15) is 0 Å². The van der Waals surface area contributed by atoms with Crippen molar-refractivity contribution in [3.05, 3.63) is 60.7 Å². The van der Waals surface area contributed by atoms with Gasteiger partial charge < -0.3 is 14.2 Å². The molecule has 0 bridgehead atoms. The van der Waals surface area contributed by atoms with E-state index in [0.29, 0.717) is 25.0 Å². The fraction of sp³-hybridized carbons (Fsp3) is 0.176. The monoisotopic (exact) mass is 295 g/mol. The van der Waals surface area contributed by atoms with Crippen LogP contribution in [-0.4, -0.2) is 30.3 Å². The molecule has 0 amide bonds. The molecule has 0 saturated carbocycles. The van der Waals surface area contributed by atoms with Crippen molar-refractivity contribution in [3.8, 4) is 17.2 Å². The lowest BCUT2D eigenvalue weighted by molar-refractivity contribution is 0.324. The van der Waals surface area contributed by atoms with Gasteiger partial charge in [0.2, 0.25) is 0 Å². The summed E-state index contributed by atoms with van der Waals surface area (Å²) in [6, 6.07) is 19.4. The molecule has 2 aromatic carbocycles. The van der Waals surface area contributed by atoms with Gasteiger partial charge in [-0.3, -0.25) is 0 Å². The average Bonchev–Trinajstić information content (AvgIpc) is 3.07. The molecule has 112 valence electrons. The molecule has 1 heterocycles. The first-order valence-corrected chi connectivity index (χ1v) is 7.11. The fourth-order valence-corrected chi connectivity index (χ4v) is 1.99. The lowest BCUT2D eigenvalue weighted by Gasteiger charge is -2.14. The molecule has 0 aliphatic rings. The summed E-state index contributed by atoms with van der Waals surface area (Å²) in [6.45, 7) is 1.22. The van der Waals surface area contributed by atoms with Gasteiger partial charge in [-0.2, -0.15) is 4.98 Å². The van der Waals surface area contributed by atoms with Crippen molar-refractivity contribution in [2.24, 2.45) is 0 Å². The first-order valence-electron chi connectivity index (χ1n) is 7.11. The van der Waals surface area contributed by atoms with Crippen molar-refractivity contribution >= 4 is 5.95 Å². The van der Waals surface area contributed by atoms with Crippen LogP contribution < -0.4 is 9.64 Å². The van der Waals surface area contributed by atoms with E-state index in [9.17, 15) is 0 Å². The van der Waals surface area contributed by atoms with E-state index in [1.54, 1.807) is 0 Å². The number of benzene rings is 2. The summed E-state index contributed by atoms with van der Waals surface area (Å²) in [5.74, 6) is 1.93. The van der Waals surface area contributed by atoms with Gasteiger partial charge in [-0.15, -0.1) is 0 Å². The molecule has 0 saturated heterocycles. The van der Waals surface area contributed by atoms with Gasteiger partial charge in [-0.05, 0) is 29.4 Å². The van der Waals surface area contributed by atoms with Crippen LogP contribution in [0.25, 0.3) is 11.5 Å². The quantitative estimate of drug-likeness (QED) is 0.698. The van der Waals surface area contributed by atoms with Crippen molar-refractivity contribution in [1.29, 1.82) is 0 Å². The number of nitrogens with zero attached hydrogens (tertiary/aromatic N) is 3. The summed E-state index contributed by atoms with van der Waals surface area (Å²) in [7, 11) is 1.91. The third kappa shape index (κ3) is 3.44. The van der Waals surface area contributed by atoms with Crippen LogP contribution in [0.4, 0.5) is 5.95 Å². The molecule has 3 aromatic rings. The third-order valence-electron chi connectivity index (χ3n) is 3.22. The minimum atomic E-state index is 0.520. The highest BCUT2D eigenvalue weighted by molar-refractivity contribution is 5.53. The van der Waals surface area contributed by atoms with E-state index in [0.717, 1.165) is 11.3 Å². The van der Waals surface area contributed by atoms with Crippen molar-refractivity contribution in [3.63, 3.8) is 0 Å². The Labute approximate surface area is 129 Å². The Morgan fingerprint density at radius 3 is 2.41 bits per heavy atom. The molecule has 0 radical (unpaired) electrons. The molecule has 0 unspecified atom stereocenters. The Bertz CT molecular complexity index is 698. The fourth-order valence-electron chi connectivity index (χ4n) is 1.99. The lowest BCUT2D eigenvalue weighted by atomic mass is 10.2. The predicted octanol–water partition coefficient (Wildman–Crippen LogP) is 3.25. The van der Waals surface area contributed by atoms with E-state index in [2.05, 4.69) is 10.1 Å². The summed E-state index contributed by atoms with van der Waals surface area (Å²) in [5.41, 5.74) is 0.912. The summed E-state index contributed by atoms with van der Waals surface area (Å²) in [5, 5.41) is 4.00. The Morgan fingerprint density at radius 1 is 1.00 bits per heavy atom. The largest absolute Gasteiger partial charge is 0.492 e. The van der Waals surface area contributed by atoms with Gasteiger partial charge in [-0.1, -0.05) is 36.4 Å². The molecule has 22 heavy (non-hydrogen) atoms. The molecule has 0 fully saturated rings. The second kappa shape index (κ2) is 6.76. The van der Waals surface area contributed by atoms with Gasteiger partial charge in [0.1, 0.15) is 12.4 Å². The molecule has 5 nitrogen and oxygen atoms in total. The number of aromatic nitrogens is 2. The molecule has 0 N–H and O–H groups in total. The van der Waals surface area contributed by atoms with E-state index in [1.807, 2.05) is 72.6 Å². The first-order chi connectivity index (χ1) is 10.8. The Morgan fingerprint density at radius 2 is 1.68 bits per heavy atom. The maximum absolute atomic E-state index is 5.66. The minimum absolute atomic E-state index is 0.520. The summed E-state index contributed by atoms with van der Waals surface area (Å²) in [6.07, 6.45) is 0. The van der Waals surface area contributed by atoms with Gasteiger partial charge in [-0.25, -0.2) is 0 Å². The molecule has 0 atom stereocenters. The molecule has 0 spiro atoms. The molecule has 5 heteroatoms. The average molecular weight is 295 g/mol. The molecule has 3 rings (SSSR count). The minimum Gasteiger partial charge on any atom is -0.492 e. The van der Waals surface area contributed by atoms with Gasteiger partial charge in [0.05, 0.1) is 6.54 Å². The van der Waals surface area contributed by atoms with Crippen LogP contribution in [0.15, 0.2) is 65.2 Å². The van der Waals surface area contributed by atoms with Crippen molar-refractivity contribution < 1.29 is 9.26 Å². The van der Waals surface area contributed by atoms with Crippen LogP contribution in [0.3, 0.4) is 0 Å². The lowest BCUT2D eigenvalue weighted by Crippen LogP contribution is -2.24. The maximum Gasteiger partial charge on any atom is 0.266 e. The van der Waals surface area contributed by atoms with E-state index >= 15 is 0 Å². The molecule has 0 aliphatic heterocycles. The Balaban J connectivity index is 1.57. The number of hydrogen-bond donors (Lipinski definition) is 0. The standard InChI is InChI=1S/C17H17N3O2/c1-20(12-13-21-15-10-6-3-7-11-15)17-18-16(22-19-17)14-8-4-2-5-9-14/h2-11H,12-13H2,1H3. The van der Waals surface area contributed by atoms with Gasteiger partial charge in [0, 0.05) is 12.6 Å². The number of anilines is 1. The van der Waals surface area contributed by atoms with Gasteiger partial charge in [0.15, 0.2) is 0 Å². The zero-order valence-corrected chi connectivity index (χ0v) is 12.3. The number of ether oxygens (including phenoxy) is 1. The van der Waals surface area contributed by atoms with E-state index in [-0.39, 0.29) is 0 Å². The van der Waals surface area contributed by atoms with Crippen LogP contribution in [0, 0.1) is 0 Å². The number of para-hydroxylation sites is 1. The Kier molecular flexibility index (Phi) is 4.34. The zero-order chi connectivity index (χ0) is 15.2. The summed E-state index contributed by atoms with van der Waals surface area (Å²) < 4.78 is 11.0. The SMILES string of the molecule is CN(CCOc1ccccc1)c1noc(-c2ccccc2)n1. The number of likely N-dealkylation sites (N-methyl/N-ethyl adjacent to an activating group) is 1. The van der Waals surface area contributed by atoms with Crippen LogP contribution in [-0.2, 0) is 0 Å². The first kappa shape index (κ1) is 14.1. The second-order valence-electron chi connectivity index (χ2n) is 4.85. The van der Waals surface area contributed by atoms with E-state index in [1.165, 1.54) is 0 Å². The van der Waals surface area contributed by atoms with Gasteiger partial charge in [0.25, 0.3) is 11.8 Å². The summed E-state index contributed by atoms with van der Waals surface area (Å²) >= 11 is 0. The third-order valence-corrected chi connectivity index (χ3v) is 3.22. The van der Waals surface area contributed by atoms with Crippen molar-refractivity contribution in [2.45, 2.75) is 0 Å². The molecule has 0 aliphatic carbocycles. The van der Waals surface area contributed by atoms with Crippen LogP contribution in [0.2, 0.25) is 0 Å². The van der Waals surface area contributed by atoms with Crippen molar-refractivity contribution in [1.82, 2.24) is 10.1 Å². The zero-order valence-electron chi connectivity index (χ0n) is 12.3. The molecular weight excluding hydrogens is 278 g/mol. The molecule has 1 aromatic heterocycles. The Hall–Kier alpha value is -2.82. The van der Waals surface area contributed by atoms with E-state index in [4.69, 9.17) is 9.26 Å². The highest BCUT2D eigenvalue weighted by atomic mass is 16.5. The topological polar surface area (TPSA) is 51.4 Å². The maximum atomic E-state index is 5.66. The van der Waals surface area contributed by atoms with Gasteiger partial charge >= 0.3 is 0 Å². The number of hydrogen-bond acceptors (Lipinski definition) is 5. The van der Waals surface area contributed by atoms with Crippen molar-refractivity contribution in [2.75, 3.05) is 25.1 Å². The smallest absolute Gasteiger partial charge is 0.266 e.